The van der Waals surface area contributed by atoms with Gasteiger partial charge in [-0.05, 0) is 36.2 Å². The van der Waals surface area contributed by atoms with E-state index in [-0.39, 0.29) is 11.6 Å². The van der Waals surface area contributed by atoms with Gasteiger partial charge in [0.1, 0.15) is 0 Å². The number of carbonyl (C=O) groups is 2. The summed E-state index contributed by atoms with van der Waals surface area (Å²) in [6.45, 7) is 2.89. The summed E-state index contributed by atoms with van der Waals surface area (Å²) in [5, 5.41) is 0. The van der Waals surface area contributed by atoms with E-state index in [1.807, 2.05) is 54.6 Å². The fourth-order valence-electron chi connectivity index (χ4n) is 3.47. The second kappa shape index (κ2) is 6.60. The molecule has 1 heterocycles. The maximum Gasteiger partial charge on any atom is 0.195 e. The molecule has 128 valence electrons. The molecule has 3 aromatic carbocycles. The van der Waals surface area contributed by atoms with E-state index in [1.54, 1.807) is 6.07 Å². The van der Waals surface area contributed by atoms with Gasteiger partial charge in [0, 0.05) is 35.5 Å². The average molecular weight is 341 g/mol. The second-order valence-corrected chi connectivity index (χ2v) is 6.62. The van der Waals surface area contributed by atoms with Crippen molar-refractivity contribution >= 4 is 17.3 Å². The first kappa shape index (κ1) is 16.3. The number of hydrogen-bond acceptors (Lipinski definition) is 3. The van der Waals surface area contributed by atoms with Gasteiger partial charge in [-0.2, -0.15) is 0 Å². The standard InChI is InChI=1S/C23H19NO2/c1-16(25)18-11-12-22-21(13-18)23(26)20-10-6-5-9-19(20)15-24(22)14-17-7-3-2-4-8-17/h2-13H,14-15H2,1H3. The molecule has 0 bridgehead atoms. The van der Waals surface area contributed by atoms with Crippen LogP contribution in [0.2, 0.25) is 0 Å². The van der Waals surface area contributed by atoms with Gasteiger partial charge in [-0.3, -0.25) is 9.59 Å². The van der Waals surface area contributed by atoms with Crippen LogP contribution in [0.15, 0.2) is 72.8 Å². The van der Waals surface area contributed by atoms with Gasteiger partial charge < -0.3 is 4.90 Å². The highest BCUT2D eigenvalue weighted by molar-refractivity contribution is 6.15. The van der Waals surface area contributed by atoms with Gasteiger partial charge in [0.15, 0.2) is 11.6 Å². The van der Waals surface area contributed by atoms with Gasteiger partial charge in [-0.25, -0.2) is 0 Å². The van der Waals surface area contributed by atoms with Gasteiger partial charge in [-0.1, -0.05) is 54.6 Å². The number of benzene rings is 3. The predicted octanol–water partition coefficient (Wildman–Crippen LogP) is 4.64. The Hall–Kier alpha value is -3.20. The third kappa shape index (κ3) is 2.93. The Kier molecular flexibility index (Phi) is 4.13. The molecule has 1 aliphatic heterocycles. The molecule has 4 rings (SSSR count). The molecule has 0 atom stereocenters. The Morgan fingerprint density at radius 3 is 2.42 bits per heavy atom. The highest BCUT2D eigenvalue weighted by Gasteiger charge is 2.26. The molecule has 0 N–H and O–H groups in total. The lowest BCUT2D eigenvalue weighted by Crippen LogP contribution is -2.22. The van der Waals surface area contributed by atoms with Crippen LogP contribution in [0.5, 0.6) is 0 Å². The highest BCUT2D eigenvalue weighted by Crippen LogP contribution is 2.32. The molecule has 26 heavy (non-hydrogen) atoms. The maximum atomic E-state index is 13.2. The minimum Gasteiger partial charge on any atom is -0.362 e. The highest BCUT2D eigenvalue weighted by atomic mass is 16.1. The number of hydrogen-bond donors (Lipinski definition) is 0. The van der Waals surface area contributed by atoms with Crippen LogP contribution < -0.4 is 4.90 Å². The van der Waals surface area contributed by atoms with Gasteiger partial charge in [0.25, 0.3) is 0 Å². The van der Waals surface area contributed by atoms with Crippen LogP contribution in [-0.2, 0) is 13.1 Å². The Bertz CT molecular complexity index is 992. The van der Waals surface area contributed by atoms with Crippen molar-refractivity contribution in [1.29, 1.82) is 0 Å². The zero-order valence-corrected chi connectivity index (χ0v) is 14.6. The first-order valence-corrected chi connectivity index (χ1v) is 8.70. The van der Waals surface area contributed by atoms with Gasteiger partial charge in [0.2, 0.25) is 0 Å². The minimum absolute atomic E-state index is 0.0192. The molecule has 3 nitrogen and oxygen atoms in total. The lowest BCUT2D eigenvalue weighted by molar-refractivity contribution is 0.101. The summed E-state index contributed by atoms with van der Waals surface area (Å²) in [7, 11) is 0. The second-order valence-electron chi connectivity index (χ2n) is 6.62. The molecule has 0 amide bonds. The number of carbonyl (C=O) groups excluding carboxylic acids is 2. The number of anilines is 1. The third-order valence-corrected chi connectivity index (χ3v) is 4.83. The van der Waals surface area contributed by atoms with Crippen LogP contribution in [0.1, 0.15) is 44.3 Å². The molecule has 0 fully saturated rings. The molecule has 3 heteroatoms. The summed E-state index contributed by atoms with van der Waals surface area (Å²) < 4.78 is 0. The SMILES string of the molecule is CC(=O)c1ccc2c(c1)C(=O)c1ccccc1CN2Cc1ccccc1. The zero-order chi connectivity index (χ0) is 18.1. The molecule has 3 aromatic rings. The van der Waals surface area contributed by atoms with Crippen molar-refractivity contribution in [1.82, 2.24) is 0 Å². The van der Waals surface area contributed by atoms with E-state index in [1.165, 1.54) is 12.5 Å². The summed E-state index contributed by atoms with van der Waals surface area (Å²) in [5.74, 6) is -0.0537. The lowest BCUT2D eigenvalue weighted by atomic mass is 9.97. The number of rotatable bonds is 3. The topological polar surface area (TPSA) is 37.4 Å². The monoisotopic (exact) mass is 341 g/mol. The van der Waals surface area contributed by atoms with Gasteiger partial charge >= 0.3 is 0 Å². The van der Waals surface area contributed by atoms with Crippen molar-refractivity contribution < 1.29 is 9.59 Å². The largest absolute Gasteiger partial charge is 0.362 e. The summed E-state index contributed by atoms with van der Waals surface area (Å²) in [6.07, 6.45) is 0. The molecule has 0 spiro atoms. The molecular weight excluding hydrogens is 322 g/mol. The number of Topliss-reactive ketones (excluding diaryl/α,β-unsaturated/α-hetero) is 1. The predicted molar refractivity (Wildman–Crippen MR) is 103 cm³/mol. The smallest absolute Gasteiger partial charge is 0.195 e. The molecule has 0 radical (unpaired) electrons. The summed E-state index contributed by atoms with van der Waals surface area (Å²) in [5.41, 5.74) is 4.94. The van der Waals surface area contributed by atoms with E-state index in [2.05, 4.69) is 17.0 Å². The van der Waals surface area contributed by atoms with Crippen molar-refractivity contribution in [3.63, 3.8) is 0 Å². The van der Waals surface area contributed by atoms with Crippen LogP contribution in [0.3, 0.4) is 0 Å². The molecule has 0 saturated heterocycles. The Balaban J connectivity index is 1.86. The van der Waals surface area contributed by atoms with Crippen LogP contribution in [0, 0.1) is 0 Å². The summed E-state index contributed by atoms with van der Waals surface area (Å²) in [4.78, 5) is 27.2. The van der Waals surface area contributed by atoms with Gasteiger partial charge in [-0.15, -0.1) is 0 Å². The Labute approximate surface area is 152 Å². The molecule has 0 unspecified atom stereocenters. The number of fused-ring (bicyclic) bond motifs is 2. The fraction of sp³-hybridized carbons (Fsp3) is 0.130. The third-order valence-electron chi connectivity index (χ3n) is 4.83. The van der Waals surface area contributed by atoms with Crippen LogP contribution in [-0.4, -0.2) is 11.6 Å². The maximum absolute atomic E-state index is 13.2. The quantitative estimate of drug-likeness (QED) is 0.651. The molecule has 1 aliphatic rings. The first-order chi connectivity index (χ1) is 12.6. The first-order valence-electron chi connectivity index (χ1n) is 8.70. The molecule has 0 aromatic heterocycles. The summed E-state index contributed by atoms with van der Waals surface area (Å²) >= 11 is 0. The van der Waals surface area contributed by atoms with Crippen molar-refractivity contribution in [3.05, 3.63) is 101 Å². The van der Waals surface area contributed by atoms with Crippen molar-refractivity contribution in [2.45, 2.75) is 20.0 Å². The summed E-state index contributed by atoms with van der Waals surface area (Å²) in [6, 6.07) is 23.4. The van der Waals surface area contributed by atoms with Crippen LogP contribution >= 0.6 is 0 Å². The van der Waals surface area contributed by atoms with Crippen molar-refractivity contribution in [2.24, 2.45) is 0 Å². The van der Waals surface area contributed by atoms with E-state index in [0.717, 1.165) is 11.3 Å². The van der Waals surface area contributed by atoms with Crippen LogP contribution in [0.4, 0.5) is 5.69 Å². The minimum atomic E-state index is -0.0345. The number of nitrogens with zero attached hydrogens (tertiary/aromatic N) is 1. The lowest BCUT2D eigenvalue weighted by Gasteiger charge is -2.25. The van der Waals surface area contributed by atoms with E-state index in [9.17, 15) is 9.59 Å². The Morgan fingerprint density at radius 2 is 1.65 bits per heavy atom. The van der Waals surface area contributed by atoms with E-state index < -0.39 is 0 Å². The van der Waals surface area contributed by atoms with E-state index in [0.29, 0.717) is 29.8 Å². The van der Waals surface area contributed by atoms with Crippen molar-refractivity contribution in [2.75, 3.05) is 4.90 Å². The number of ketones is 2. The van der Waals surface area contributed by atoms with Crippen molar-refractivity contribution in [3.8, 4) is 0 Å². The average Bonchev–Trinajstić information content (AvgIpc) is 2.78. The normalized spacial score (nSPS) is 13.0. The Morgan fingerprint density at radius 1 is 0.923 bits per heavy atom. The fourth-order valence-corrected chi connectivity index (χ4v) is 3.47. The zero-order valence-electron chi connectivity index (χ0n) is 14.6. The molecular formula is C23H19NO2. The van der Waals surface area contributed by atoms with E-state index in [4.69, 9.17) is 0 Å². The van der Waals surface area contributed by atoms with E-state index >= 15 is 0 Å². The molecule has 0 saturated carbocycles. The van der Waals surface area contributed by atoms with Gasteiger partial charge in [0.05, 0.1) is 0 Å². The molecule has 0 aliphatic carbocycles. The van der Waals surface area contributed by atoms with Crippen LogP contribution in [0.25, 0.3) is 0 Å².